The molecule has 0 aliphatic carbocycles. The zero-order chi connectivity index (χ0) is 15.1. The van der Waals surface area contributed by atoms with Gasteiger partial charge in [-0.05, 0) is 24.6 Å². The molecule has 0 spiro atoms. The number of amides is 1. The Bertz CT molecular complexity index is 551. The zero-order valence-corrected chi connectivity index (χ0v) is 11.1. The van der Waals surface area contributed by atoms with Gasteiger partial charge in [0.25, 0.3) is 0 Å². The minimum absolute atomic E-state index is 0.177. The van der Waals surface area contributed by atoms with Crippen molar-refractivity contribution in [2.45, 2.75) is 24.9 Å². The van der Waals surface area contributed by atoms with Crippen LogP contribution < -0.4 is 0 Å². The molecular weight excluding hydrogens is 271 g/mol. The second kappa shape index (κ2) is 4.61. The van der Waals surface area contributed by atoms with Crippen molar-refractivity contribution in [3.05, 3.63) is 35.4 Å². The van der Waals surface area contributed by atoms with E-state index in [-0.39, 0.29) is 24.7 Å². The summed E-state index contributed by atoms with van der Waals surface area (Å²) < 4.78 is 37.6. The summed E-state index contributed by atoms with van der Waals surface area (Å²) in [5.41, 5.74) is -1.21. The van der Waals surface area contributed by atoms with Gasteiger partial charge in [0.05, 0.1) is 17.4 Å². The zero-order valence-electron chi connectivity index (χ0n) is 11.1. The van der Waals surface area contributed by atoms with Crippen molar-refractivity contribution in [2.24, 2.45) is 0 Å². The Morgan fingerprint density at radius 2 is 1.70 bits per heavy atom. The lowest BCUT2D eigenvalue weighted by molar-refractivity contribution is -0.142. The van der Waals surface area contributed by atoms with E-state index in [0.29, 0.717) is 5.56 Å². The van der Waals surface area contributed by atoms with Crippen molar-refractivity contribution in [1.82, 2.24) is 4.90 Å². The third kappa shape index (κ3) is 2.42. The number of benzene rings is 1. The average molecular weight is 285 g/mol. The normalized spacial score (nSPS) is 24.1. The van der Waals surface area contributed by atoms with Crippen LogP contribution in [-0.4, -0.2) is 30.2 Å². The summed E-state index contributed by atoms with van der Waals surface area (Å²) in [4.78, 5) is 25.0. The summed E-state index contributed by atoms with van der Waals surface area (Å²) in [5.74, 6) is -0.528. The molecule has 1 aliphatic heterocycles. The molecule has 1 amide bonds. The molecule has 20 heavy (non-hydrogen) atoms. The summed E-state index contributed by atoms with van der Waals surface area (Å²) in [7, 11) is 1.58. The van der Waals surface area contributed by atoms with Gasteiger partial charge in [-0.25, -0.2) is 0 Å². The lowest BCUT2D eigenvalue weighted by Gasteiger charge is -2.37. The number of carbonyl (C=O) groups excluding carboxylic acids is 2. The van der Waals surface area contributed by atoms with Crippen LogP contribution in [0.1, 0.15) is 24.5 Å². The fourth-order valence-electron chi connectivity index (χ4n) is 2.40. The SMILES string of the molecule is CN1CC(C)(c2ccc(C(F)(F)F)cc2)C(=O)CC1=O. The maximum absolute atomic E-state index is 12.5. The monoisotopic (exact) mass is 285 g/mol. The van der Waals surface area contributed by atoms with Gasteiger partial charge in [-0.15, -0.1) is 0 Å². The molecule has 1 unspecified atom stereocenters. The van der Waals surface area contributed by atoms with Crippen molar-refractivity contribution in [1.29, 1.82) is 0 Å². The smallest absolute Gasteiger partial charge is 0.344 e. The van der Waals surface area contributed by atoms with Crippen LogP contribution in [0.3, 0.4) is 0 Å². The van der Waals surface area contributed by atoms with Crippen molar-refractivity contribution in [3.8, 4) is 0 Å². The number of hydrogen-bond acceptors (Lipinski definition) is 2. The first-order valence-electron chi connectivity index (χ1n) is 6.09. The van der Waals surface area contributed by atoms with Crippen molar-refractivity contribution >= 4 is 11.7 Å². The van der Waals surface area contributed by atoms with Crippen molar-refractivity contribution in [2.75, 3.05) is 13.6 Å². The number of hydrogen-bond donors (Lipinski definition) is 0. The van der Waals surface area contributed by atoms with Crippen molar-refractivity contribution < 1.29 is 22.8 Å². The van der Waals surface area contributed by atoms with Gasteiger partial charge in [0.15, 0.2) is 5.78 Å². The largest absolute Gasteiger partial charge is 0.416 e. The second-order valence-corrected chi connectivity index (χ2v) is 5.26. The number of Topliss-reactive ketones (excluding diaryl/α,β-unsaturated/α-hetero) is 1. The standard InChI is InChI=1S/C14H14F3NO2/c1-13(8-18(2)12(20)7-11(13)19)9-3-5-10(6-4-9)14(15,16)17/h3-6H,7-8H2,1-2H3. The molecule has 2 rings (SSSR count). The quantitative estimate of drug-likeness (QED) is 0.743. The van der Waals surface area contributed by atoms with Gasteiger partial charge in [0.1, 0.15) is 0 Å². The minimum atomic E-state index is -4.40. The Labute approximate surface area is 114 Å². The maximum atomic E-state index is 12.5. The summed E-state index contributed by atoms with van der Waals surface area (Å²) in [6.07, 6.45) is -4.61. The van der Waals surface area contributed by atoms with Gasteiger partial charge in [-0.1, -0.05) is 12.1 Å². The van der Waals surface area contributed by atoms with Gasteiger partial charge in [0.2, 0.25) is 5.91 Å². The molecule has 1 aromatic rings. The first-order chi connectivity index (χ1) is 9.14. The number of carbonyl (C=O) groups is 2. The molecule has 1 saturated heterocycles. The molecule has 0 aromatic heterocycles. The predicted octanol–water partition coefficient (Wildman–Crippen LogP) is 2.39. The third-order valence-electron chi connectivity index (χ3n) is 3.76. The van der Waals surface area contributed by atoms with Crippen LogP contribution in [0, 0.1) is 0 Å². The van der Waals surface area contributed by atoms with Crippen LogP contribution in [0.15, 0.2) is 24.3 Å². The van der Waals surface area contributed by atoms with Crippen LogP contribution in [0.25, 0.3) is 0 Å². The van der Waals surface area contributed by atoms with E-state index in [1.165, 1.54) is 17.0 Å². The number of likely N-dealkylation sites (N-methyl/N-ethyl adjacent to an activating group) is 1. The van der Waals surface area contributed by atoms with Crippen molar-refractivity contribution in [3.63, 3.8) is 0 Å². The van der Waals surface area contributed by atoms with Crippen LogP contribution in [-0.2, 0) is 21.2 Å². The highest BCUT2D eigenvalue weighted by molar-refractivity contribution is 6.05. The van der Waals surface area contributed by atoms with Crippen LogP contribution >= 0.6 is 0 Å². The summed E-state index contributed by atoms with van der Waals surface area (Å²) in [5, 5.41) is 0. The molecule has 0 radical (unpaired) electrons. The highest BCUT2D eigenvalue weighted by atomic mass is 19.4. The Hall–Kier alpha value is -1.85. The Morgan fingerprint density at radius 3 is 2.20 bits per heavy atom. The molecule has 1 atom stereocenters. The third-order valence-corrected chi connectivity index (χ3v) is 3.76. The van der Waals surface area contributed by atoms with Gasteiger partial charge >= 0.3 is 6.18 Å². The molecule has 3 nitrogen and oxygen atoms in total. The fourth-order valence-corrected chi connectivity index (χ4v) is 2.40. The Kier molecular flexibility index (Phi) is 3.36. The number of likely N-dealkylation sites (tertiary alicyclic amines) is 1. The minimum Gasteiger partial charge on any atom is -0.344 e. The molecule has 6 heteroatoms. The molecular formula is C14H14F3NO2. The molecule has 0 N–H and O–H groups in total. The number of alkyl halides is 3. The number of halogens is 3. The molecule has 1 aliphatic rings. The van der Waals surface area contributed by atoms with Crippen LogP contribution in [0.4, 0.5) is 13.2 Å². The first-order valence-corrected chi connectivity index (χ1v) is 6.09. The summed E-state index contributed by atoms with van der Waals surface area (Å²) in [6.45, 7) is 1.83. The summed E-state index contributed by atoms with van der Waals surface area (Å²) in [6, 6.07) is 4.54. The second-order valence-electron chi connectivity index (χ2n) is 5.26. The molecule has 1 aromatic carbocycles. The fraction of sp³-hybridized carbons (Fsp3) is 0.429. The first kappa shape index (κ1) is 14.6. The van der Waals surface area contributed by atoms with E-state index in [2.05, 4.69) is 0 Å². The van der Waals surface area contributed by atoms with E-state index >= 15 is 0 Å². The molecule has 0 saturated carbocycles. The highest BCUT2D eigenvalue weighted by Gasteiger charge is 2.42. The maximum Gasteiger partial charge on any atom is 0.416 e. The number of nitrogens with zero attached hydrogens (tertiary/aromatic N) is 1. The van der Waals surface area contributed by atoms with Gasteiger partial charge < -0.3 is 4.90 Å². The Morgan fingerprint density at radius 1 is 1.15 bits per heavy atom. The van der Waals surface area contributed by atoms with E-state index in [4.69, 9.17) is 0 Å². The molecule has 108 valence electrons. The van der Waals surface area contributed by atoms with E-state index in [0.717, 1.165) is 12.1 Å². The molecule has 1 heterocycles. The lowest BCUT2D eigenvalue weighted by atomic mass is 9.74. The van der Waals surface area contributed by atoms with E-state index in [1.54, 1.807) is 14.0 Å². The highest BCUT2D eigenvalue weighted by Crippen LogP contribution is 2.34. The van der Waals surface area contributed by atoms with E-state index in [9.17, 15) is 22.8 Å². The molecule has 1 fully saturated rings. The van der Waals surface area contributed by atoms with Gasteiger partial charge in [0, 0.05) is 13.6 Å². The van der Waals surface area contributed by atoms with E-state index < -0.39 is 17.2 Å². The number of ketones is 1. The molecule has 0 bridgehead atoms. The van der Waals surface area contributed by atoms with Gasteiger partial charge in [-0.2, -0.15) is 13.2 Å². The Balaban J connectivity index is 2.35. The average Bonchev–Trinajstić information content (AvgIpc) is 2.36. The van der Waals surface area contributed by atoms with E-state index in [1.807, 2.05) is 0 Å². The number of rotatable bonds is 1. The van der Waals surface area contributed by atoms with Gasteiger partial charge in [-0.3, -0.25) is 9.59 Å². The van der Waals surface area contributed by atoms with Crippen LogP contribution in [0.2, 0.25) is 0 Å². The predicted molar refractivity (Wildman–Crippen MR) is 66.1 cm³/mol. The lowest BCUT2D eigenvalue weighted by Crippen LogP contribution is -2.51. The number of piperidine rings is 1. The topological polar surface area (TPSA) is 37.4 Å². The van der Waals surface area contributed by atoms with Crippen LogP contribution in [0.5, 0.6) is 0 Å². The summed E-state index contributed by atoms with van der Waals surface area (Å²) >= 11 is 0.